The molecule has 0 heterocycles. The molecule has 85 heavy (non-hydrogen) atoms. The van der Waals surface area contributed by atoms with E-state index in [0.717, 1.165) is 95.8 Å². The number of hydrogen-bond donors (Lipinski definition) is 3. The zero-order valence-electron chi connectivity index (χ0n) is 54.7. The van der Waals surface area contributed by atoms with Gasteiger partial charge in [0.25, 0.3) is 0 Å². The fraction of sp³-hybridized carbons (Fsp3) is 0.939. The Bertz CT molecular complexity index is 1650. The van der Waals surface area contributed by atoms with E-state index in [2.05, 4.69) is 34.6 Å². The highest BCUT2D eigenvalue weighted by Gasteiger charge is 2.30. The summed E-state index contributed by atoms with van der Waals surface area (Å²) in [4.78, 5) is 72.3. The molecule has 0 fully saturated rings. The van der Waals surface area contributed by atoms with Crippen molar-refractivity contribution >= 4 is 39.5 Å². The van der Waals surface area contributed by atoms with Crippen molar-refractivity contribution in [1.82, 2.24) is 0 Å². The highest BCUT2D eigenvalue weighted by atomic mass is 31.2. The standard InChI is InChI=1S/C66H128O17P2/c1-6-9-12-15-18-21-23-24-25-31-35-40-45-50-64(69)77-56-62(83-66(71)52-47-42-37-32-27-26-29-33-38-43-48-59(4)5)58-81-85(74,75)79-54-60(67)53-78-84(72,73)80-57-61(55-76-63(68)49-44-39-34-28-20-17-14-11-8-3)82-65(70)51-46-41-36-30-22-19-16-13-10-7-2/h59-62,67H,6-58H2,1-5H3,(H,72,73)(H,74,75)/t60-,61+,62+/m0/s1. The van der Waals surface area contributed by atoms with Crippen molar-refractivity contribution in [2.75, 3.05) is 39.6 Å². The van der Waals surface area contributed by atoms with Crippen LogP contribution in [0.25, 0.3) is 0 Å². The zero-order valence-corrected chi connectivity index (χ0v) is 56.5. The number of rotatable bonds is 66. The number of phosphoric acid groups is 2. The molecule has 0 rings (SSSR count). The molecule has 3 N–H and O–H groups in total. The number of aliphatic hydroxyl groups is 1. The summed E-state index contributed by atoms with van der Waals surface area (Å²) in [5.41, 5.74) is 0. The lowest BCUT2D eigenvalue weighted by molar-refractivity contribution is -0.161. The van der Waals surface area contributed by atoms with Gasteiger partial charge in [-0.3, -0.25) is 37.3 Å². The van der Waals surface area contributed by atoms with Gasteiger partial charge in [0.15, 0.2) is 12.2 Å². The third kappa shape index (κ3) is 60.7. The normalized spacial score (nSPS) is 14.2. The van der Waals surface area contributed by atoms with Crippen molar-refractivity contribution in [1.29, 1.82) is 0 Å². The fourth-order valence-electron chi connectivity index (χ4n) is 9.94. The van der Waals surface area contributed by atoms with Crippen molar-refractivity contribution in [2.45, 2.75) is 355 Å². The maximum atomic E-state index is 13.0. The molecule has 0 aliphatic heterocycles. The van der Waals surface area contributed by atoms with Crippen LogP contribution in [0.1, 0.15) is 336 Å². The molecule has 0 aromatic carbocycles. The van der Waals surface area contributed by atoms with E-state index in [1.165, 1.54) is 161 Å². The molecule has 0 radical (unpaired) electrons. The second-order valence-electron chi connectivity index (χ2n) is 24.3. The Morgan fingerprint density at radius 1 is 0.318 bits per heavy atom. The highest BCUT2D eigenvalue weighted by molar-refractivity contribution is 7.47. The molecule has 0 spiro atoms. The lowest BCUT2D eigenvalue weighted by atomic mass is 10.0. The first-order chi connectivity index (χ1) is 41.0. The maximum Gasteiger partial charge on any atom is 0.472 e. The number of aliphatic hydroxyl groups excluding tert-OH is 1. The summed E-state index contributed by atoms with van der Waals surface area (Å²) in [6.45, 7) is 7.18. The van der Waals surface area contributed by atoms with E-state index >= 15 is 0 Å². The average molecular weight is 1260 g/mol. The predicted octanol–water partition coefficient (Wildman–Crippen LogP) is 18.6. The number of carbonyl (C=O) groups excluding carboxylic acids is 4. The molecular weight excluding hydrogens is 1130 g/mol. The molecule has 0 aromatic rings. The minimum absolute atomic E-state index is 0.106. The third-order valence-corrected chi connectivity index (χ3v) is 17.2. The van der Waals surface area contributed by atoms with Crippen molar-refractivity contribution in [3.05, 3.63) is 0 Å². The summed E-state index contributed by atoms with van der Waals surface area (Å²) in [5, 5.41) is 10.5. The molecule has 0 aliphatic rings. The molecular formula is C66H128O17P2. The van der Waals surface area contributed by atoms with Crippen LogP contribution < -0.4 is 0 Å². The first kappa shape index (κ1) is 83.1. The molecule has 0 bridgehead atoms. The minimum Gasteiger partial charge on any atom is -0.462 e. The van der Waals surface area contributed by atoms with Crippen LogP contribution in [0.5, 0.6) is 0 Å². The SMILES string of the molecule is CCCCCCCCCCCCCCCC(=O)OC[C@H](COP(=O)(O)OC[C@@H](O)COP(=O)(O)OC[C@@H](COC(=O)CCCCCCCCCCC)OC(=O)CCCCCCCCCCCC)OC(=O)CCCCCCCCCCCCC(C)C. The van der Waals surface area contributed by atoms with Gasteiger partial charge in [-0.25, -0.2) is 9.13 Å². The monoisotopic (exact) mass is 1250 g/mol. The maximum absolute atomic E-state index is 13.0. The Morgan fingerprint density at radius 2 is 0.541 bits per heavy atom. The molecule has 17 nitrogen and oxygen atoms in total. The molecule has 2 unspecified atom stereocenters. The van der Waals surface area contributed by atoms with Crippen LogP contribution in [0.3, 0.4) is 0 Å². The average Bonchev–Trinajstić information content (AvgIpc) is 3.54. The van der Waals surface area contributed by atoms with Gasteiger partial charge in [0.2, 0.25) is 0 Å². The molecule has 0 aromatic heterocycles. The summed E-state index contributed by atoms with van der Waals surface area (Å²) >= 11 is 0. The van der Waals surface area contributed by atoms with Crippen LogP contribution in [0, 0.1) is 5.92 Å². The van der Waals surface area contributed by atoms with E-state index in [-0.39, 0.29) is 25.7 Å². The van der Waals surface area contributed by atoms with Gasteiger partial charge >= 0.3 is 39.5 Å². The molecule has 504 valence electrons. The van der Waals surface area contributed by atoms with E-state index < -0.39 is 97.5 Å². The van der Waals surface area contributed by atoms with Gasteiger partial charge in [0.05, 0.1) is 26.4 Å². The van der Waals surface area contributed by atoms with E-state index in [9.17, 15) is 43.2 Å². The number of esters is 4. The van der Waals surface area contributed by atoms with Crippen LogP contribution in [0.2, 0.25) is 0 Å². The number of phosphoric ester groups is 2. The molecule has 0 saturated carbocycles. The number of carbonyl (C=O) groups is 4. The third-order valence-electron chi connectivity index (χ3n) is 15.3. The Labute approximate surface area is 517 Å². The Kier molecular flexibility index (Phi) is 58.3. The predicted molar refractivity (Wildman–Crippen MR) is 340 cm³/mol. The van der Waals surface area contributed by atoms with E-state index in [0.29, 0.717) is 25.7 Å². The van der Waals surface area contributed by atoms with E-state index in [4.69, 9.17) is 37.0 Å². The molecule has 0 amide bonds. The van der Waals surface area contributed by atoms with Gasteiger partial charge in [-0.2, -0.15) is 0 Å². The number of ether oxygens (including phenoxy) is 4. The summed E-state index contributed by atoms with van der Waals surface area (Å²) in [5.74, 6) is -1.38. The van der Waals surface area contributed by atoms with Crippen LogP contribution in [0.4, 0.5) is 0 Å². The van der Waals surface area contributed by atoms with Crippen LogP contribution >= 0.6 is 15.6 Å². The number of hydrogen-bond acceptors (Lipinski definition) is 15. The minimum atomic E-state index is -4.95. The molecule has 19 heteroatoms. The van der Waals surface area contributed by atoms with Gasteiger partial charge in [0, 0.05) is 25.7 Å². The lowest BCUT2D eigenvalue weighted by Crippen LogP contribution is -2.30. The summed E-state index contributed by atoms with van der Waals surface area (Å²) in [6, 6.07) is 0. The van der Waals surface area contributed by atoms with Crippen LogP contribution in [-0.4, -0.2) is 96.7 Å². The quantitative estimate of drug-likeness (QED) is 0.0222. The van der Waals surface area contributed by atoms with Crippen molar-refractivity contribution in [3.8, 4) is 0 Å². The Morgan fingerprint density at radius 3 is 0.800 bits per heavy atom. The van der Waals surface area contributed by atoms with Gasteiger partial charge in [-0.05, 0) is 31.6 Å². The van der Waals surface area contributed by atoms with Gasteiger partial charge in [-0.15, -0.1) is 0 Å². The summed E-state index contributed by atoms with van der Waals surface area (Å²) in [6.07, 6.45) is 44.3. The molecule has 5 atom stereocenters. The summed E-state index contributed by atoms with van der Waals surface area (Å²) in [7, 11) is -9.89. The number of unbranched alkanes of at least 4 members (excludes halogenated alkanes) is 38. The zero-order chi connectivity index (χ0) is 62.8. The second kappa shape index (κ2) is 59.7. The molecule has 0 saturated heterocycles. The van der Waals surface area contributed by atoms with Crippen molar-refractivity contribution in [3.63, 3.8) is 0 Å². The largest absolute Gasteiger partial charge is 0.472 e. The van der Waals surface area contributed by atoms with Crippen LogP contribution in [0.15, 0.2) is 0 Å². The van der Waals surface area contributed by atoms with E-state index in [1.54, 1.807) is 0 Å². The fourth-order valence-corrected chi connectivity index (χ4v) is 11.5. The van der Waals surface area contributed by atoms with Crippen molar-refractivity contribution < 1.29 is 80.2 Å². The second-order valence-corrected chi connectivity index (χ2v) is 27.2. The van der Waals surface area contributed by atoms with Gasteiger partial charge in [0.1, 0.15) is 19.3 Å². The van der Waals surface area contributed by atoms with Crippen molar-refractivity contribution in [2.24, 2.45) is 5.92 Å². The Balaban J connectivity index is 5.23. The van der Waals surface area contributed by atoms with Gasteiger partial charge in [-0.1, -0.05) is 285 Å². The van der Waals surface area contributed by atoms with E-state index in [1.807, 2.05) is 0 Å². The first-order valence-corrected chi connectivity index (χ1v) is 37.6. The first-order valence-electron chi connectivity index (χ1n) is 34.6. The van der Waals surface area contributed by atoms with Gasteiger partial charge < -0.3 is 33.8 Å². The Hall–Kier alpha value is -1.94. The highest BCUT2D eigenvalue weighted by Crippen LogP contribution is 2.45. The topological polar surface area (TPSA) is 237 Å². The molecule has 0 aliphatic carbocycles. The smallest absolute Gasteiger partial charge is 0.462 e. The lowest BCUT2D eigenvalue weighted by Gasteiger charge is -2.21. The summed E-state index contributed by atoms with van der Waals surface area (Å²) < 4.78 is 68.1. The van der Waals surface area contributed by atoms with Crippen LogP contribution in [-0.2, 0) is 65.4 Å².